The predicted molar refractivity (Wildman–Crippen MR) is 41.8 cm³/mol. The van der Waals surface area contributed by atoms with Crippen LogP contribution in [0.2, 0.25) is 0 Å². The van der Waals surface area contributed by atoms with Crippen LogP contribution in [0.4, 0.5) is 0 Å². The summed E-state index contributed by atoms with van der Waals surface area (Å²) in [5.41, 5.74) is 5.29. The summed E-state index contributed by atoms with van der Waals surface area (Å²) in [5, 5.41) is 9.96. The first kappa shape index (κ1) is 15.5. The second-order valence-electron chi connectivity index (χ2n) is 2.68. The molecule has 2 N–H and O–H groups in total. The molecule has 0 rings (SSSR count). The third kappa shape index (κ3) is 13.6. The van der Waals surface area contributed by atoms with Crippen molar-refractivity contribution in [2.75, 3.05) is 6.54 Å². The van der Waals surface area contributed by atoms with Gasteiger partial charge in [-0.3, -0.25) is 0 Å². The van der Waals surface area contributed by atoms with Crippen LogP contribution in [0.25, 0.3) is 0 Å². The van der Waals surface area contributed by atoms with Gasteiger partial charge in [-0.15, -0.1) is 0 Å². The molecule has 0 bridgehead atoms. The van der Waals surface area contributed by atoms with Gasteiger partial charge in [0.15, 0.2) is 0 Å². The number of carbonyl (C=O) groups is 1. The zero-order valence-corrected chi connectivity index (χ0v) is 11.0. The van der Waals surface area contributed by atoms with E-state index >= 15 is 0 Å². The molecule has 0 saturated carbocycles. The van der Waals surface area contributed by atoms with E-state index in [1.54, 1.807) is 0 Å². The molecule has 0 aliphatic rings. The minimum absolute atomic E-state index is 0. The predicted octanol–water partition coefficient (Wildman–Crippen LogP) is -2.96. The molecule has 0 amide bonds. The largest absolute Gasteiger partial charge is 1.00 e. The molecule has 0 aromatic rings. The van der Waals surface area contributed by atoms with Crippen LogP contribution in [0.5, 0.6) is 0 Å². The van der Waals surface area contributed by atoms with Crippen molar-refractivity contribution in [1.29, 1.82) is 0 Å². The third-order valence-electron chi connectivity index (χ3n) is 1.59. The Hall–Kier alpha value is 1.07. The Morgan fingerprint density at radius 3 is 2.08 bits per heavy atom. The summed E-state index contributed by atoms with van der Waals surface area (Å²) in [6, 6.07) is 0. The van der Waals surface area contributed by atoms with Crippen LogP contribution in [-0.2, 0) is 4.79 Å². The molecule has 0 spiro atoms. The maximum absolute atomic E-state index is 9.96. The van der Waals surface area contributed by atoms with Crippen LogP contribution in [0.1, 0.15) is 38.5 Å². The Bertz CT molecular complexity index is 109. The van der Waals surface area contributed by atoms with Gasteiger partial charge in [-0.2, -0.15) is 0 Å². The number of unbranched alkanes of at least 4 members (excludes halogenated alkanes) is 4. The van der Waals surface area contributed by atoms with Crippen molar-refractivity contribution in [3.05, 3.63) is 0 Å². The number of hydrogen-bond acceptors (Lipinski definition) is 3. The van der Waals surface area contributed by atoms with Crippen LogP contribution < -0.4 is 62.2 Å². The van der Waals surface area contributed by atoms with E-state index in [1.807, 2.05) is 0 Å². The van der Waals surface area contributed by atoms with Gasteiger partial charge < -0.3 is 15.6 Å². The molecule has 0 unspecified atom stereocenters. The van der Waals surface area contributed by atoms with E-state index in [1.165, 1.54) is 0 Å². The quantitative estimate of drug-likeness (QED) is 0.350. The molecular formula is C8H16KNO2. The van der Waals surface area contributed by atoms with Gasteiger partial charge in [0.1, 0.15) is 0 Å². The molecule has 0 atom stereocenters. The average Bonchev–Trinajstić information content (AvgIpc) is 1.96. The Kier molecular flexibility index (Phi) is 15.6. The normalized spacial score (nSPS) is 9.08. The topological polar surface area (TPSA) is 66.2 Å². The van der Waals surface area contributed by atoms with Crippen LogP contribution in [0.15, 0.2) is 0 Å². The van der Waals surface area contributed by atoms with E-state index < -0.39 is 5.97 Å². The minimum Gasteiger partial charge on any atom is -0.550 e. The molecule has 3 nitrogen and oxygen atoms in total. The van der Waals surface area contributed by atoms with Gasteiger partial charge in [-0.25, -0.2) is 0 Å². The molecule has 0 heterocycles. The van der Waals surface area contributed by atoms with Gasteiger partial charge in [0.05, 0.1) is 0 Å². The Morgan fingerprint density at radius 2 is 1.58 bits per heavy atom. The van der Waals surface area contributed by atoms with E-state index in [-0.39, 0.29) is 57.8 Å². The summed E-state index contributed by atoms with van der Waals surface area (Å²) in [6.45, 7) is 0.737. The third-order valence-corrected chi connectivity index (χ3v) is 1.59. The van der Waals surface area contributed by atoms with Gasteiger partial charge in [-0.1, -0.05) is 19.3 Å². The summed E-state index contributed by atoms with van der Waals surface area (Å²) in [7, 11) is 0. The zero-order chi connectivity index (χ0) is 8.53. The maximum Gasteiger partial charge on any atom is 1.00 e. The molecule has 0 aromatic carbocycles. The van der Waals surface area contributed by atoms with E-state index in [2.05, 4.69) is 0 Å². The number of rotatable bonds is 7. The Labute approximate surface area is 117 Å². The minimum atomic E-state index is -0.941. The summed E-state index contributed by atoms with van der Waals surface area (Å²) < 4.78 is 0. The van der Waals surface area contributed by atoms with Gasteiger partial charge >= 0.3 is 51.4 Å². The molecule has 0 fully saturated rings. The molecule has 0 aliphatic heterocycles. The monoisotopic (exact) mass is 197 g/mol. The van der Waals surface area contributed by atoms with Crippen molar-refractivity contribution in [1.82, 2.24) is 0 Å². The first-order valence-electron chi connectivity index (χ1n) is 4.17. The van der Waals surface area contributed by atoms with Crippen molar-refractivity contribution < 1.29 is 61.3 Å². The van der Waals surface area contributed by atoms with E-state index in [0.717, 1.165) is 38.6 Å². The summed E-state index contributed by atoms with van der Waals surface area (Å²) >= 11 is 0. The first-order chi connectivity index (χ1) is 5.27. The van der Waals surface area contributed by atoms with Crippen molar-refractivity contribution in [2.24, 2.45) is 5.73 Å². The number of nitrogens with two attached hydrogens (primary N) is 1. The van der Waals surface area contributed by atoms with Gasteiger partial charge in [0.2, 0.25) is 0 Å². The van der Waals surface area contributed by atoms with Crippen LogP contribution in [0.3, 0.4) is 0 Å². The Balaban J connectivity index is 0. The van der Waals surface area contributed by atoms with Gasteiger partial charge in [0.25, 0.3) is 0 Å². The Morgan fingerprint density at radius 1 is 1.08 bits per heavy atom. The van der Waals surface area contributed by atoms with Crippen molar-refractivity contribution in [3.8, 4) is 0 Å². The van der Waals surface area contributed by atoms with Gasteiger partial charge in [0, 0.05) is 5.97 Å². The molecule has 0 aliphatic carbocycles. The van der Waals surface area contributed by atoms with Crippen molar-refractivity contribution >= 4 is 5.97 Å². The molecule has 66 valence electrons. The summed E-state index contributed by atoms with van der Waals surface area (Å²) in [4.78, 5) is 9.96. The molecule has 12 heavy (non-hydrogen) atoms. The van der Waals surface area contributed by atoms with Crippen LogP contribution in [-0.4, -0.2) is 12.5 Å². The molecule has 4 heteroatoms. The van der Waals surface area contributed by atoms with Crippen LogP contribution in [0, 0.1) is 0 Å². The molecule has 0 aromatic heterocycles. The van der Waals surface area contributed by atoms with E-state index in [4.69, 9.17) is 5.73 Å². The average molecular weight is 197 g/mol. The van der Waals surface area contributed by atoms with Crippen molar-refractivity contribution in [2.45, 2.75) is 38.5 Å². The number of aliphatic carboxylic acids is 1. The first-order valence-corrected chi connectivity index (χ1v) is 4.17. The molecule has 0 radical (unpaired) electrons. The number of hydrogen-bond donors (Lipinski definition) is 1. The second-order valence-corrected chi connectivity index (χ2v) is 2.68. The number of carboxylic acids is 1. The zero-order valence-electron chi connectivity index (χ0n) is 7.84. The fourth-order valence-corrected chi connectivity index (χ4v) is 0.944. The fraction of sp³-hybridized carbons (Fsp3) is 0.875. The van der Waals surface area contributed by atoms with E-state index in [0.29, 0.717) is 0 Å². The van der Waals surface area contributed by atoms with Crippen LogP contribution >= 0.6 is 0 Å². The molecule has 0 saturated heterocycles. The summed E-state index contributed by atoms with van der Waals surface area (Å²) in [5.74, 6) is -0.941. The van der Waals surface area contributed by atoms with E-state index in [9.17, 15) is 9.90 Å². The number of carboxylic acid groups (broad SMARTS) is 1. The molecular weight excluding hydrogens is 181 g/mol. The summed E-state index contributed by atoms with van der Waals surface area (Å²) in [6.07, 6.45) is 5.17. The van der Waals surface area contributed by atoms with Gasteiger partial charge in [-0.05, 0) is 25.8 Å². The fourth-order valence-electron chi connectivity index (χ4n) is 0.944. The standard InChI is InChI=1S/C8H17NO2.K/c9-7-5-3-1-2-4-6-8(10)11;/h1-7,9H2,(H,10,11);/q;+1/p-1. The SMILES string of the molecule is NCCCCCCCC(=O)[O-].[K+]. The van der Waals surface area contributed by atoms with Crippen molar-refractivity contribution in [3.63, 3.8) is 0 Å². The number of carbonyl (C=O) groups excluding carboxylic acids is 1. The second kappa shape index (κ2) is 12.1. The smallest absolute Gasteiger partial charge is 0.550 e. The maximum atomic E-state index is 9.96.